The van der Waals surface area contributed by atoms with E-state index in [1.807, 2.05) is 0 Å². The van der Waals surface area contributed by atoms with Gasteiger partial charge in [0.1, 0.15) is 0 Å². The molecule has 1 saturated carbocycles. The standard InChI is InChI=1S/C17H25NO/c19-17-10-12-18(13-11-17)16-8-6-15(7-9-16)14-4-2-1-3-5-14/h1-5,15-17,19H,6-13H2. The second-order valence-corrected chi connectivity index (χ2v) is 6.18. The summed E-state index contributed by atoms with van der Waals surface area (Å²) in [6.45, 7) is 2.20. The monoisotopic (exact) mass is 259 g/mol. The minimum Gasteiger partial charge on any atom is -0.393 e. The van der Waals surface area contributed by atoms with Gasteiger partial charge in [-0.05, 0) is 50.0 Å². The van der Waals surface area contributed by atoms with Crippen molar-refractivity contribution >= 4 is 0 Å². The van der Waals surface area contributed by atoms with Gasteiger partial charge < -0.3 is 10.0 Å². The molecule has 3 rings (SSSR count). The second-order valence-electron chi connectivity index (χ2n) is 6.18. The van der Waals surface area contributed by atoms with Crippen molar-refractivity contribution in [3.63, 3.8) is 0 Å². The van der Waals surface area contributed by atoms with Crippen molar-refractivity contribution in [2.45, 2.75) is 56.6 Å². The zero-order valence-corrected chi connectivity index (χ0v) is 11.7. The molecule has 2 heteroatoms. The summed E-state index contributed by atoms with van der Waals surface area (Å²) in [4.78, 5) is 2.62. The highest BCUT2D eigenvalue weighted by Crippen LogP contribution is 2.35. The molecule has 0 unspecified atom stereocenters. The minimum absolute atomic E-state index is 0.0445. The third-order valence-electron chi connectivity index (χ3n) is 4.98. The number of hydrogen-bond donors (Lipinski definition) is 1. The van der Waals surface area contributed by atoms with Crippen molar-refractivity contribution in [2.75, 3.05) is 13.1 Å². The lowest BCUT2D eigenvalue weighted by molar-refractivity contribution is 0.0487. The second kappa shape index (κ2) is 6.06. The van der Waals surface area contributed by atoms with E-state index in [4.69, 9.17) is 0 Å². The van der Waals surface area contributed by atoms with Gasteiger partial charge in [-0.3, -0.25) is 0 Å². The van der Waals surface area contributed by atoms with Crippen LogP contribution in [-0.2, 0) is 0 Å². The summed E-state index contributed by atoms with van der Waals surface area (Å²) in [5.41, 5.74) is 1.52. The Morgan fingerprint density at radius 2 is 1.47 bits per heavy atom. The van der Waals surface area contributed by atoms with Crippen LogP contribution < -0.4 is 0 Å². The van der Waals surface area contributed by atoms with E-state index in [-0.39, 0.29) is 6.10 Å². The molecule has 0 bridgehead atoms. The molecule has 1 aliphatic heterocycles. The summed E-state index contributed by atoms with van der Waals surface area (Å²) >= 11 is 0. The molecule has 1 saturated heterocycles. The molecule has 0 amide bonds. The lowest BCUT2D eigenvalue weighted by atomic mass is 9.81. The van der Waals surface area contributed by atoms with Crippen LogP contribution in [0.2, 0.25) is 0 Å². The highest BCUT2D eigenvalue weighted by Gasteiger charge is 2.28. The molecule has 0 aromatic heterocycles. The van der Waals surface area contributed by atoms with Gasteiger partial charge in [0, 0.05) is 19.1 Å². The third kappa shape index (κ3) is 3.18. The average Bonchev–Trinajstić information content (AvgIpc) is 2.49. The summed E-state index contributed by atoms with van der Waals surface area (Å²) in [5, 5.41) is 9.59. The van der Waals surface area contributed by atoms with Crippen LogP contribution in [0.25, 0.3) is 0 Å². The first kappa shape index (κ1) is 13.1. The van der Waals surface area contributed by atoms with E-state index in [0.29, 0.717) is 0 Å². The van der Waals surface area contributed by atoms with E-state index in [9.17, 15) is 5.11 Å². The molecular weight excluding hydrogens is 234 g/mol. The van der Waals surface area contributed by atoms with E-state index in [1.54, 1.807) is 0 Å². The number of hydrogen-bond acceptors (Lipinski definition) is 2. The van der Waals surface area contributed by atoms with Crippen molar-refractivity contribution in [3.05, 3.63) is 35.9 Å². The zero-order valence-electron chi connectivity index (χ0n) is 11.7. The van der Waals surface area contributed by atoms with Gasteiger partial charge in [-0.25, -0.2) is 0 Å². The van der Waals surface area contributed by atoms with Gasteiger partial charge in [-0.1, -0.05) is 30.3 Å². The van der Waals surface area contributed by atoms with E-state index >= 15 is 0 Å². The van der Waals surface area contributed by atoms with Crippen molar-refractivity contribution in [1.29, 1.82) is 0 Å². The van der Waals surface area contributed by atoms with Crippen LogP contribution in [0.1, 0.15) is 50.0 Å². The van der Waals surface area contributed by atoms with Crippen LogP contribution in [0.4, 0.5) is 0 Å². The molecule has 19 heavy (non-hydrogen) atoms. The first-order valence-electron chi connectivity index (χ1n) is 7.80. The van der Waals surface area contributed by atoms with Gasteiger partial charge in [0.15, 0.2) is 0 Å². The van der Waals surface area contributed by atoms with Crippen molar-refractivity contribution < 1.29 is 5.11 Å². The Labute approximate surface area is 116 Å². The van der Waals surface area contributed by atoms with Crippen LogP contribution >= 0.6 is 0 Å². The maximum absolute atomic E-state index is 9.59. The first-order valence-corrected chi connectivity index (χ1v) is 7.80. The summed E-state index contributed by atoms with van der Waals surface area (Å²) in [5.74, 6) is 0.771. The lowest BCUT2D eigenvalue weighted by Crippen LogP contribution is -2.44. The van der Waals surface area contributed by atoms with E-state index in [1.165, 1.54) is 31.2 Å². The fourth-order valence-corrected chi connectivity index (χ4v) is 3.75. The van der Waals surface area contributed by atoms with Crippen LogP contribution in [0.15, 0.2) is 30.3 Å². The number of aliphatic hydroxyl groups excluding tert-OH is 1. The van der Waals surface area contributed by atoms with Gasteiger partial charge in [-0.2, -0.15) is 0 Å². The van der Waals surface area contributed by atoms with Crippen LogP contribution in [0.5, 0.6) is 0 Å². The van der Waals surface area contributed by atoms with Gasteiger partial charge >= 0.3 is 0 Å². The highest BCUT2D eigenvalue weighted by atomic mass is 16.3. The molecule has 0 atom stereocenters. The zero-order chi connectivity index (χ0) is 13.1. The number of aliphatic hydroxyl groups is 1. The molecule has 104 valence electrons. The normalized spacial score (nSPS) is 30.4. The number of nitrogens with zero attached hydrogens (tertiary/aromatic N) is 1. The van der Waals surface area contributed by atoms with Crippen molar-refractivity contribution in [2.24, 2.45) is 0 Å². The summed E-state index contributed by atoms with van der Waals surface area (Å²) in [7, 11) is 0. The number of piperidine rings is 1. The molecule has 2 fully saturated rings. The van der Waals surface area contributed by atoms with Gasteiger partial charge in [0.2, 0.25) is 0 Å². The van der Waals surface area contributed by atoms with E-state index in [2.05, 4.69) is 35.2 Å². The quantitative estimate of drug-likeness (QED) is 0.882. The Kier molecular flexibility index (Phi) is 4.19. The number of rotatable bonds is 2. The molecule has 0 spiro atoms. The fraction of sp³-hybridized carbons (Fsp3) is 0.647. The molecule has 1 aromatic carbocycles. The van der Waals surface area contributed by atoms with Gasteiger partial charge in [0.25, 0.3) is 0 Å². The predicted octanol–water partition coefficient (Wildman–Crippen LogP) is 3.17. The van der Waals surface area contributed by atoms with Crippen LogP contribution in [0, 0.1) is 0 Å². The van der Waals surface area contributed by atoms with Crippen LogP contribution in [0.3, 0.4) is 0 Å². The smallest absolute Gasteiger partial charge is 0.0564 e. The Hall–Kier alpha value is -0.860. The Bertz CT molecular complexity index is 376. The number of benzene rings is 1. The molecule has 1 heterocycles. The minimum atomic E-state index is -0.0445. The Morgan fingerprint density at radius 3 is 2.11 bits per heavy atom. The predicted molar refractivity (Wildman–Crippen MR) is 78.3 cm³/mol. The molecule has 1 aromatic rings. The van der Waals surface area contributed by atoms with Gasteiger partial charge in [-0.15, -0.1) is 0 Å². The Balaban J connectivity index is 1.52. The molecule has 1 N–H and O–H groups in total. The maximum atomic E-state index is 9.59. The highest BCUT2D eigenvalue weighted by molar-refractivity contribution is 5.20. The van der Waals surface area contributed by atoms with Crippen molar-refractivity contribution in [3.8, 4) is 0 Å². The fourth-order valence-electron chi connectivity index (χ4n) is 3.75. The molecule has 2 aliphatic rings. The molecule has 2 nitrogen and oxygen atoms in total. The SMILES string of the molecule is OC1CCN(C2CCC(c3ccccc3)CC2)CC1. The third-order valence-corrected chi connectivity index (χ3v) is 4.98. The summed E-state index contributed by atoms with van der Waals surface area (Å²) in [6.07, 6.45) is 7.21. The van der Waals surface area contributed by atoms with E-state index in [0.717, 1.165) is 37.9 Å². The number of likely N-dealkylation sites (tertiary alicyclic amines) is 1. The molecular formula is C17H25NO. The Morgan fingerprint density at radius 1 is 0.842 bits per heavy atom. The lowest BCUT2D eigenvalue weighted by Gasteiger charge is -2.40. The largest absolute Gasteiger partial charge is 0.393 e. The average molecular weight is 259 g/mol. The van der Waals surface area contributed by atoms with Crippen LogP contribution in [-0.4, -0.2) is 35.2 Å². The maximum Gasteiger partial charge on any atom is 0.0564 e. The summed E-state index contributed by atoms with van der Waals surface area (Å²) < 4.78 is 0. The van der Waals surface area contributed by atoms with E-state index < -0.39 is 0 Å². The summed E-state index contributed by atoms with van der Waals surface area (Å²) in [6, 6.07) is 11.8. The molecule has 1 aliphatic carbocycles. The van der Waals surface area contributed by atoms with Crippen molar-refractivity contribution in [1.82, 2.24) is 4.90 Å². The first-order chi connectivity index (χ1) is 9.33. The molecule has 0 radical (unpaired) electrons. The van der Waals surface area contributed by atoms with Gasteiger partial charge in [0.05, 0.1) is 6.10 Å². The topological polar surface area (TPSA) is 23.5 Å².